The molecule has 0 bridgehead atoms. The fraction of sp³-hybridized carbons (Fsp3) is 0.417. The second-order valence-electron chi connectivity index (χ2n) is 8.12. The Kier molecular flexibility index (Phi) is 7.52. The number of nitrogens with one attached hydrogen (secondary N) is 1. The first-order chi connectivity index (χ1) is 14.9. The van der Waals surface area contributed by atoms with Crippen molar-refractivity contribution in [2.75, 3.05) is 34.4 Å². The molecule has 0 saturated carbocycles. The lowest BCUT2D eigenvalue weighted by Crippen LogP contribution is -2.53. The fourth-order valence-corrected chi connectivity index (χ4v) is 3.77. The summed E-state index contributed by atoms with van der Waals surface area (Å²) in [7, 11) is 5.53. The number of nitrogens with zero attached hydrogens (tertiary/aromatic N) is 2. The van der Waals surface area contributed by atoms with Gasteiger partial charge >= 0.3 is 0 Å². The summed E-state index contributed by atoms with van der Waals surface area (Å²) in [5, 5.41) is 2.86. The molecule has 0 spiro atoms. The molecule has 2 aromatic rings. The lowest BCUT2D eigenvalue weighted by atomic mass is 10.1. The average Bonchev–Trinajstić information content (AvgIpc) is 2.92. The Morgan fingerprint density at radius 2 is 2.00 bits per heavy atom. The van der Waals surface area contributed by atoms with Crippen molar-refractivity contribution in [3.05, 3.63) is 59.7 Å². The largest absolute Gasteiger partial charge is 0.497 e. The van der Waals surface area contributed by atoms with Crippen LogP contribution in [-0.2, 0) is 22.6 Å². The van der Waals surface area contributed by atoms with E-state index in [0.717, 1.165) is 16.9 Å². The number of ether oxygens (including phenoxy) is 2. The van der Waals surface area contributed by atoms with E-state index in [-0.39, 0.29) is 24.3 Å². The maximum Gasteiger partial charge on any atom is 0.245 e. The SMILES string of the molecule is COc1cccc(CC(=O)NC(C)C(=O)N2Cc3ccccc3OCC2CN(C)C)c1. The van der Waals surface area contributed by atoms with Gasteiger partial charge in [0.15, 0.2) is 0 Å². The van der Waals surface area contributed by atoms with Crippen molar-refractivity contribution >= 4 is 11.8 Å². The van der Waals surface area contributed by atoms with Crippen LogP contribution in [0.3, 0.4) is 0 Å². The summed E-state index contributed by atoms with van der Waals surface area (Å²) in [5.41, 5.74) is 1.80. The van der Waals surface area contributed by atoms with Gasteiger partial charge in [-0.25, -0.2) is 0 Å². The number of amides is 2. The van der Waals surface area contributed by atoms with Crippen molar-refractivity contribution in [3.8, 4) is 11.5 Å². The maximum absolute atomic E-state index is 13.4. The van der Waals surface area contributed by atoms with Crippen molar-refractivity contribution in [2.45, 2.75) is 32.0 Å². The standard InChI is InChI=1S/C24H31N3O4/c1-17(25-23(28)13-18-8-7-10-21(12-18)30-4)24(29)27-14-19-9-5-6-11-22(19)31-16-20(27)15-26(2)3/h5-12,17,20H,13-16H2,1-4H3,(H,25,28). The number of hydrogen-bond donors (Lipinski definition) is 1. The molecule has 7 nitrogen and oxygen atoms in total. The van der Waals surface area contributed by atoms with E-state index in [9.17, 15) is 9.59 Å². The Labute approximate surface area is 183 Å². The second kappa shape index (κ2) is 10.3. The molecule has 2 atom stereocenters. The molecule has 0 fully saturated rings. The topological polar surface area (TPSA) is 71.1 Å². The minimum absolute atomic E-state index is 0.118. The predicted molar refractivity (Wildman–Crippen MR) is 119 cm³/mol. The van der Waals surface area contributed by atoms with Crippen LogP contribution in [0.25, 0.3) is 0 Å². The summed E-state index contributed by atoms with van der Waals surface area (Å²) in [6, 6.07) is 14.4. The molecule has 1 heterocycles. The van der Waals surface area contributed by atoms with Gasteiger partial charge in [-0.15, -0.1) is 0 Å². The average molecular weight is 426 g/mol. The van der Waals surface area contributed by atoms with E-state index in [1.165, 1.54) is 0 Å². The van der Waals surface area contributed by atoms with Gasteiger partial charge in [-0.2, -0.15) is 0 Å². The van der Waals surface area contributed by atoms with Crippen LogP contribution >= 0.6 is 0 Å². The van der Waals surface area contributed by atoms with Crippen LogP contribution in [-0.4, -0.2) is 68.1 Å². The zero-order valence-electron chi connectivity index (χ0n) is 18.6. The summed E-state index contributed by atoms with van der Waals surface area (Å²) < 4.78 is 11.2. The molecule has 2 aromatic carbocycles. The number of carbonyl (C=O) groups is 2. The van der Waals surface area contributed by atoms with Crippen LogP contribution in [0.4, 0.5) is 0 Å². The van der Waals surface area contributed by atoms with Gasteiger partial charge in [-0.3, -0.25) is 9.59 Å². The molecule has 7 heteroatoms. The highest BCUT2D eigenvalue weighted by Gasteiger charge is 2.32. The minimum atomic E-state index is -0.645. The van der Waals surface area contributed by atoms with Crippen molar-refractivity contribution in [1.29, 1.82) is 0 Å². The molecule has 3 rings (SSSR count). The molecule has 31 heavy (non-hydrogen) atoms. The van der Waals surface area contributed by atoms with E-state index < -0.39 is 6.04 Å². The smallest absolute Gasteiger partial charge is 0.245 e. The van der Waals surface area contributed by atoms with Crippen LogP contribution in [0.5, 0.6) is 11.5 Å². The Morgan fingerprint density at radius 3 is 2.74 bits per heavy atom. The lowest BCUT2D eigenvalue weighted by Gasteiger charge is -2.33. The molecule has 1 aliphatic heterocycles. The van der Waals surface area contributed by atoms with E-state index in [0.29, 0.717) is 25.4 Å². The Balaban J connectivity index is 1.70. The molecular weight excluding hydrogens is 394 g/mol. The van der Waals surface area contributed by atoms with Crippen molar-refractivity contribution in [2.24, 2.45) is 0 Å². The molecule has 2 amide bonds. The third-order valence-corrected chi connectivity index (χ3v) is 5.29. The number of fused-ring (bicyclic) bond motifs is 1. The molecule has 166 valence electrons. The summed E-state index contributed by atoms with van der Waals surface area (Å²) in [6.45, 7) is 3.26. The molecule has 1 N–H and O–H groups in total. The Hall–Kier alpha value is -3.06. The summed E-state index contributed by atoms with van der Waals surface area (Å²) in [4.78, 5) is 29.8. The third-order valence-electron chi connectivity index (χ3n) is 5.29. The second-order valence-corrected chi connectivity index (χ2v) is 8.12. The van der Waals surface area contributed by atoms with Gasteiger partial charge < -0.3 is 24.6 Å². The van der Waals surface area contributed by atoms with Crippen LogP contribution in [0.15, 0.2) is 48.5 Å². The van der Waals surface area contributed by atoms with Crippen LogP contribution < -0.4 is 14.8 Å². The molecular formula is C24H31N3O4. The molecule has 0 aromatic heterocycles. The van der Waals surface area contributed by atoms with Gasteiger partial charge in [0.25, 0.3) is 0 Å². The van der Waals surface area contributed by atoms with Crippen molar-refractivity contribution in [1.82, 2.24) is 15.1 Å². The van der Waals surface area contributed by atoms with Gasteiger partial charge in [0, 0.05) is 18.7 Å². The number of hydrogen-bond acceptors (Lipinski definition) is 5. The van der Waals surface area contributed by atoms with Gasteiger partial charge in [0.05, 0.1) is 19.6 Å². The quantitative estimate of drug-likeness (QED) is 0.736. The number of methoxy groups -OCH3 is 1. The van der Waals surface area contributed by atoms with Gasteiger partial charge in [0.2, 0.25) is 11.8 Å². The van der Waals surface area contributed by atoms with Crippen LogP contribution in [0.2, 0.25) is 0 Å². The minimum Gasteiger partial charge on any atom is -0.497 e. The summed E-state index contributed by atoms with van der Waals surface area (Å²) in [5.74, 6) is 1.18. The highest BCUT2D eigenvalue weighted by atomic mass is 16.5. The zero-order valence-corrected chi connectivity index (χ0v) is 18.6. The highest BCUT2D eigenvalue weighted by Crippen LogP contribution is 2.25. The normalized spacial score (nSPS) is 16.7. The van der Waals surface area contributed by atoms with Crippen LogP contribution in [0, 0.1) is 0 Å². The third kappa shape index (κ3) is 5.98. The number of rotatable bonds is 7. The number of carbonyl (C=O) groups excluding carboxylic acids is 2. The number of benzene rings is 2. The van der Waals surface area contributed by atoms with Gasteiger partial charge in [-0.1, -0.05) is 30.3 Å². The molecule has 0 saturated heterocycles. The fourth-order valence-electron chi connectivity index (χ4n) is 3.77. The zero-order chi connectivity index (χ0) is 22.4. The van der Waals surface area contributed by atoms with E-state index in [2.05, 4.69) is 5.32 Å². The molecule has 0 radical (unpaired) electrons. The molecule has 1 aliphatic rings. The van der Waals surface area contributed by atoms with Crippen molar-refractivity contribution < 1.29 is 19.1 Å². The maximum atomic E-state index is 13.4. The number of likely N-dealkylation sites (N-methyl/N-ethyl adjacent to an activating group) is 1. The van der Waals surface area contributed by atoms with Crippen LogP contribution in [0.1, 0.15) is 18.1 Å². The molecule has 2 unspecified atom stereocenters. The van der Waals surface area contributed by atoms with E-state index >= 15 is 0 Å². The number of para-hydroxylation sites is 1. The van der Waals surface area contributed by atoms with E-state index in [4.69, 9.17) is 9.47 Å². The predicted octanol–water partition coefficient (Wildman–Crippen LogP) is 2.09. The molecule has 0 aliphatic carbocycles. The monoisotopic (exact) mass is 425 g/mol. The summed E-state index contributed by atoms with van der Waals surface area (Å²) >= 11 is 0. The Morgan fingerprint density at radius 1 is 1.23 bits per heavy atom. The van der Waals surface area contributed by atoms with E-state index in [1.807, 2.05) is 72.4 Å². The first-order valence-electron chi connectivity index (χ1n) is 10.5. The first-order valence-corrected chi connectivity index (χ1v) is 10.5. The van der Waals surface area contributed by atoms with Gasteiger partial charge in [0.1, 0.15) is 24.1 Å². The summed E-state index contributed by atoms with van der Waals surface area (Å²) in [6.07, 6.45) is 0.182. The van der Waals surface area contributed by atoms with Gasteiger partial charge in [-0.05, 0) is 44.8 Å². The van der Waals surface area contributed by atoms with E-state index in [1.54, 1.807) is 14.0 Å². The first kappa shape index (κ1) is 22.6. The lowest BCUT2D eigenvalue weighted by molar-refractivity contribution is -0.139. The highest BCUT2D eigenvalue weighted by molar-refractivity contribution is 5.88. The van der Waals surface area contributed by atoms with Crippen molar-refractivity contribution in [3.63, 3.8) is 0 Å². The Bertz CT molecular complexity index is 915.